The quantitative estimate of drug-likeness (QED) is 0.699. The van der Waals surface area contributed by atoms with Gasteiger partial charge in [0.2, 0.25) is 5.91 Å². The third kappa shape index (κ3) is 3.59. The summed E-state index contributed by atoms with van der Waals surface area (Å²) in [7, 11) is 0. The van der Waals surface area contributed by atoms with E-state index in [0.717, 1.165) is 0 Å². The van der Waals surface area contributed by atoms with Crippen molar-refractivity contribution < 1.29 is 4.79 Å². The number of carbonyl (C=O) groups excluding carboxylic acids is 1. The molecule has 0 aromatic heterocycles. The van der Waals surface area contributed by atoms with E-state index in [-0.39, 0.29) is 11.2 Å². The van der Waals surface area contributed by atoms with E-state index in [2.05, 4.69) is 27.7 Å². The molecule has 0 aliphatic rings. The minimum atomic E-state index is 0.0739. The summed E-state index contributed by atoms with van der Waals surface area (Å²) in [4.78, 5) is 13.8. The van der Waals surface area contributed by atoms with Gasteiger partial charge in [0, 0.05) is 12.1 Å². The molecule has 2 nitrogen and oxygen atoms in total. The summed E-state index contributed by atoms with van der Waals surface area (Å²) in [6, 6.07) is 0.587. The first-order valence-electron chi connectivity index (χ1n) is 4.76. The van der Waals surface area contributed by atoms with Gasteiger partial charge in [0.25, 0.3) is 0 Å². The summed E-state index contributed by atoms with van der Waals surface area (Å²) in [6.07, 6.45) is 1.97. The molecule has 0 spiro atoms. The molecule has 0 aromatic carbocycles. The van der Waals surface area contributed by atoms with Crippen molar-refractivity contribution in [1.82, 2.24) is 4.90 Å². The van der Waals surface area contributed by atoms with Crippen LogP contribution in [-0.2, 0) is 4.79 Å². The molecule has 1 atom stereocenters. The molecule has 0 heterocycles. The van der Waals surface area contributed by atoms with Crippen molar-refractivity contribution >= 4 is 17.7 Å². The topological polar surface area (TPSA) is 20.3 Å². The number of hydrogen-bond donors (Lipinski definition) is 0. The van der Waals surface area contributed by atoms with Crippen molar-refractivity contribution in [2.75, 3.05) is 6.26 Å². The second-order valence-electron chi connectivity index (χ2n) is 3.81. The van der Waals surface area contributed by atoms with Crippen LogP contribution in [-0.4, -0.2) is 34.4 Å². The van der Waals surface area contributed by atoms with Crippen LogP contribution in [0, 0.1) is 0 Å². The lowest BCUT2D eigenvalue weighted by atomic mass is 10.2. The molecule has 1 unspecified atom stereocenters. The van der Waals surface area contributed by atoms with Gasteiger partial charge in [-0.1, -0.05) is 0 Å². The van der Waals surface area contributed by atoms with Gasteiger partial charge in [-0.25, -0.2) is 0 Å². The highest BCUT2D eigenvalue weighted by molar-refractivity contribution is 7.99. The Labute approximate surface area is 86.1 Å². The monoisotopic (exact) mass is 203 g/mol. The van der Waals surface area contributed by atoms with E-state index >= 15 is 0 Å². The largest absolute Gasteiger partial charge is 0.337 e. The lowest BCUT2D eigenvalue weighted by Gasteiger charge is -2.32. The average molecular weight is 203 g/mol. The van der Waals surface area contributed by atoms with Crippen molar-refractivity contribution in [3.8, 4) is 0 Å². The molecule has 3 heteroatoms. The van der Waals surface area contributed by atoms with Gasteiger partial charge >= 0.3 is 0 Å². The lowest BCUT2D eigenvalue weighted by Crippen LogP contribution is -2.45. The molecule has 0 aliphatic carbocycles. The smallest absolute Gasteiger partial charge is 0.235 e. The maximum Gasteiger partial charge on any atom is 0.235 e. The van der Waals surface area contributed by atoms with E-state index in [4.69, 9.17) is 0 Å². The van der Waals surface area contributed by atoms with Crippen LogP contribution >= 0.6 is 11.8 Å². The Balaban J connectivity index is 4.46. The van der Waals surface area contributed by atoms with Gasteiger partial charge in [0.05, 0.1) is 5.25 Å². The third-order valence-corrected chi connectivity index (χ3v) is 2.98. The molecule has 0 fully saturated rings. The Bertz CT molecular complexity index is 160. The highest BCUT2D eigenvalue weighted by Crippen LogP contribution is 2.14. The highest BCUT2D eigenvalue weighted by Gasteiger charge is 2.23. The number of thioether (sulfide) groups is 1. The standard InChI is InChI=1S/C10H21NOS/c1-7(2)11(8(3)4)10(12)9(5)13-6/h7-9H,1-6H3. The van der Waals surface area contributed by atoms with Crippen LogP contribution in [0.15, 0.2) is 0 Å². The van der Waals surface area contributed by atoms with E-state index in [0.29, 0.717) is 12.1 Å². The van der Waals surface area contributed by atoms with Gasteiger partial charge < -0.3 is 4.90 Å². The summed E-state index contributed by atoms with van der Waals surface area (Å²) in [6.45, 7) is 10.2. The van der Waals surface area contributed by atoms with Gasteiger partial charge in [0.15, 0.2) is 0 Å². The maximum atomic E-state index is 11.9. The van der Waals surface area contributed by atoms with Gasteiger partial charge in [-0.2, -0.15) is 11.8 Å². The summed E-state index contributed by atoms with van der Waals surface area (Å²) < 4.78 is 0. The number of amides is 1. The van der Waals surface area contributed by atoms with E-state index < -0.39 is 0 Å². The predicted molar refractivity (Wildman–Crippen MR) is 60.1 cm³/mol. The van der Waals surface area contributed by atoms with Crippen molar-refractivity contribution in [1.29, 1.82) is 0 Å². The van der Waals surface area contributed by atoms with E-state index in [1.807, 2.05) is 18.1 Å². The van der Waals surface area contributed by atoms with E-state index in [1.165, 1.54) is 0 Å². The fourth-order valence-electron chi connectivity index (χ4n) is 1.42. The van der Waals surface area contributed by atoms with E-state index in [1.54, 1.807) is 11.8 Å². The second kappa shape index (κ2) is 5.53. The lowest BCUT2D eigenvalue weighted by molar-refractivity contribution is -0.133. The molecule has 1 amide bonds. The summed E-state index contributed by atoms with van der Waals surface area (Å²) in [5, 5.41) is 0.0739. The molecule has 0 aliphatic heterocycles. The molecule has 0 saturated heterocycles. The zero-order valence-corrected chi connectivity index (χ0v) is 10.3. The van der Waals surface area contributed by atoms with Gasteiger partial charge in [-0.3, -0.25) is 4.79 Å². The summed E-state index contributed by atoms with van der Waals surface area (Å²) in [5.41, 5.74) is 0. The molecular weight excluding hydrogens is 182 g/mol. The van der Waals surface area contributed by atoms with Crippen LogP contribution in [0.3, 0.4) is 0 Å². The summed E-state index contributed by atoms with van der Waals surface area (Å²) >= 11 is 1.60. The van der Waals surface area contributed by atoms with Crippen LogP contribution in [0.1, 0.15) is 34.6 Å². The normalized spacial score (nSPS) is 13.5. The van der Waals surface area contributed by atoms with Gasteiger partial charge in [-0.15, -0.1) is 0 Å². The second-order valence-corrected chi connectivity index (χ2v) is 4.99. The van der Waals surface area contributed by atoms with Crippen LogP contribution in [0.4, 0.5) is 0 Å². The molecule has 78 valence electrons. The molecule has 0 aromatic rings. The third-order valence-electron chi connectivity index (χ3n) is 2.07. The SMILES string of the molecule is CSC(C)C(=O)N(C(C)C)C(C)C. The van der Waals surface area contributed by atoms with Crippen LogP contribution < -0.4 is 0 Å². The molecular formula is C10H21NOS. The molecule has 0 radical (unpaired) electrons. The van der Waals surface area contributed by atoms with Crippen molar-refractivity contribution in [2.24, 2.45) is 0 Å². The van der Waals surface area contributed by atoms with Gasteiger partial charge in [-0.05, 0) is 40.9 Å². The van der Waals surface area contributed by atoms with Crippen LogP contribution in [0.25, 0.3) is 0 Å². The molecule has 0 bridgehead atoms. The van der Waals surface area contributed by atoms with Crippen molar-refractivity contribution in [3.05, 3.63) is 0 Å². The molecule has 0 saturated carbocycles. The first-order valence-corrected chi connectivity index (χ1v) is 6.05. The number of nitrogens with zero attached hydrogens (tertiary/aromatic N) is 1. The van der Waals surface area contributed by atoms with Crippen molar-refractivity contribution in [2.45, 2.75) is 52.0 Å². The zero-order valence-electron chi connectivity index (χ0n) is 9.50. The average Bonchev–Trinajstić information content (AvgIpc) is 2.01. The highest BCUT2D eigenvalue weighted by atomic mass is 32.2. The molecule has 0 N–H and O–H groups in total. The van der Waals surface area contributed by atoms with Crippen molar-refractivity contribution in [3.63, 3.8) is 0 Å². The maximum absolute atomic E-state index is 11.9. The van der Waals surface area contributed by atoms with Crippen LogP contribution in [0.2, 0.25) is 0 Å². The minimum absolute atomic E-state index is 0.0739. The number of hydrogen-bond acceptors (Lipinski definition) is 2. The first kappa shape index (κ1) is 12.8. The number of rotatable bonds is 4. The first-order chi connectivity index (χ1) is 5.91. The Morgan fingerprint density at radius 2 is 1.46 bits per heavy atom. The molecule has 13 heavy (non-hydrogen) atoms. The Morgan fingerprint density at radius 3 is 1.69 bits per heavy atom. The fraction of sp³-hybridized carbons (Fsp3) is 0.900. The fourth-order valence-corrected chi connectivity index (χ4v) is 1.74. The Morgan fingerprint density at radius 1 is 1.08 bits per heavy atom. The van der Waals surface area contributed by atoms with Gasteiger partial charge in [0.1, 0.15) is 0 Å². The summed E-state index contributed by atoms with van der Waals surface area (Å²) in [5.74, 6) is 0.248. The Kier molecular flexibility index (Phi) is 5.45. The van der Waals surface area contributed by atoms with E-state index in [9.17, 15) is 4.79 Å². The Hall–Kier alpha value is -0.180. The number of carbonyl (C=O) groups is 1. The minimum Gasteiger partial charge on any atom is -0.337 e. The predicted octanol–water partition coefficient (Wildman–Crippen LogP) is 2.38. The molecule has 0 rings (SSSR count). The zero-order chi connectivity index (χ0) is 10.6. The van der Waals surface area contributed by atoms with Crippen LogP contribution in [0.5, 0.6) is 0 Å².